The van der Waals surface area contributed by atoms with Crippen molar-refractivity contribution in [2.75, 3.05) is 13.7 Å². The zero-order valence-electron chi connectivity index (χ0n) is 13.9. The number of phenolic OH excluding ortho intramolecular Hbond substituents is 1. The Balaban J connectivity index is 2.64. The van der Waals surface area contributed by atoms with Gasteiger partial charge in [0.15, 0.2) is 11.5 Å². The van der Waals surface area contributed by atoms with Crippen LogP contribution in [0.4, 0.5) is 0 Å². The molecule has 0 radical (unpaired) electrons. The summed E-state index contributed by atoms with van der Waals surface area (Å²) in [7, 11) is 1.53. The lowest BCUT2D eigenvalue weighted by Gasteiger charge is -2.16. The van der Waals surface area contributed by atoms with Crippen LogP contribution in [0.3, 0.4) is 0 Å². The molecule has 1 N–H and O–H groups in total. The van der Waals surface area contributed by atoms with Crippen LogP contribution >= 0.6 is 0 Å². The Hall–Kier alpha value is -1.97. The first-order chi connectivity index (χ1) is 10.3. The van der Waals surface area contributed by atoms with E-state index < -0.39 is 5.41 Å². The standard InChI is InChI=1S/C18H26O4/c1-6-8-14-11-13(12-15(21-5)16(14)19)9-7-10-22-17(20)18(2,3)4/h6,11-12,19H,1,7-10H2,2-5H3. The number of hydrogen-bond donors (Lipinski definition) is 1. The van der Waals surface area contributed by atoms with Gasteiger partial charge in [0.2, 0.25) is 0 Å². The summed E-state index contributed by atoms with van der Waals surface area (Å²) >= 11 is 0. The maximum atomic E-state index is 11.7. The Labute approximate surface area is 132 Å². The fourth-order valence-electron chi connectivity index (χ4n) is 2.00. The number of phenols is 1. The molecule has 0 unspecified atom stereocenters. The number of esters is 1. The quantitative estimate of drug-likeness (QED) is 0.474. The summed E-state index contributed by atoms with van der Waals surface area (Å²) in [5.41, 5.74) is 1.35. The predicted octanol–water partition coefficient (Wildman–Crippen LogP) is 3.65. The van der Waals surface area contributed by atoms with Gasteiger partial charge < -0.3 is 14.6 Å². The molecule has 0 atom stereocenters. The highest BCUT2D eigenvalue weighted by Gasteiger charge is 2.22. The Bertz CT molecular complexity index is 527. The topological polar surface area (TPSA) is 55.8 Å². The van der Waals surface area contributed by atoms with Crippen LogP contribution in [0.25, 0.3) is 0 Å². The average Bonchev–Trinajstić information content (AvgIpc) is 2.45. The Morgan fingerprint density at radius 2 is 2.05 bits per heavy atom. The summed E-state index contributed by atoms with van der Waals surface area (Å²) in [6, 6.07) is 3.75. The molecule has 1 rings (SSSR count). The third-order valence-electron chi connectivity index (χ3n) is 3.25. The minimum absolute atomic E-state index is 0.158. The lowest BCUT2D eigenvalue weighted by molar-refractivity contribution is -0.153. The van der Waals surface area contributed by atoms with Crippen LogP contribution < -0.4 is 4.74 Å². The van der Waals surface area contributed by atoms with Gasteiger partial charge in [-0.25, -0.2) is 0 Å². The lowest BCUT2D eigenvalue weighted by atomic mass is 9.97. The summed E-state index contributed by atoms with van der Waals surface area (Å²) in [5.74, 6) is 0.425. The van der Waals surface area contributed by atoms with Gasteiger partial charge in [-0.2, -0.15) is 0 Å². The van der Waals surface area contributed by atoms with E-state index in [1.807, 2.05) is 32.9 Å². The highest BCUT2D eigenvalue weighted by Crippen LogP contribution is 2.32. The highest BCUT2D eigenvalue weighted by molar-refractivity contribution is 5.75. The highest BCUT2D eigenvalue weighted by atomic mass is 16.5. The SMILES string of the molecule is C=CCc1cc(CCCOC(=O)C(C)(C)C)cc(OC)c1O. The molecule has 1 aromatic rings. The third kappa shape index (κ3) is 5.10. The number of rotatable bonds is 7. The van der Waals surface area contributed by atoms with E-state index in [0.29, 0.717) is 18.8 Å². The normalized spacial score (nSPS) is 11.1. The van der Waals surface area contributed by atoms with Gasteiger partial charge >= 0.3 is 5.97 Å². The van der Waals surface area contributed by atoms with Gasteiger partial charge in [-0.3, -0.25) is 4.79 Å². The maximum Gasteiger partial charge on any atom is 0.311 e. The number of carbonyl (C=O) groups is 1. The van der Waals surface area contributed by atoms with E-state index in [4.69, 9.17) is 9.47 Å². The number of methoxy groups -OCH3 is 1. The Kier molecular flexibility index (Phi) is 6.47. The van der Waals surface area contributed by atoms with Crippen LogP contribution in [0.1, 0.15) is 38.3 Å². The van der Waals surface area contributed by atoms with Crippen molar-refractivity contribution in [3.63, 3.8) is 0 Å². The molecular formula is C18H26O4. The van der Waals surface area contributed by atoms with Crippen molar-refractivity contribution in [2.45, 2.75) is 40.0 Å². The molecule has 4 heteroatoms. The van der Waals surface area contributed by atoms with Gasteiger partial charge in [-0.1, -0.05) is 12.1 Å². The molecule has 0 aliphatic heterocycles. The first kappa shape index (κ1) is 18.1. The molecule has 0 heterocycles. The minimum atomic E-state index is -0.473. The smallest absolute Gasteiger partial charge is 0.311 e. The molecule has 0 saturated heterocycles. The van der Waals surface area contributed by atoms with Crippen LogP contribution in [0.5, 0.6) is 11.5 Å². The first-order valence-corrected chi connectivity index (χ1v) is 7.46. The molecule has 1 aromatic carbocycles. The number of aryl methyl sites for hydroxylation is 1. The van der Waals surface area contributed by atoms with Crippen LogP contribution in [0.15, 0.2) is 24.8 Å². The summed E-state index contributed by atoms with van der Waals surface area (Å²) in [5, 5.41) is 10.0. The number of ether oxygens (including phenoxy) is 2. The second-order valence-corrected chi connectivity index (χ2v) is 6.29. The molecule has 0 fully saturated rings. The molecule has 4 nitrogen and oxygen atoms in total. The Morgan fingerprint density at radius 3 is 2.59 bits per heavy atom. The van der Waals surface area contributed by atoms with E-state index in [-0.39, 0.29) is 11.7 Å². The summed E-state index contributed by atoms with van der Waals surface area (Å²) in [6.45, 7) is 9.58. The molecule has 0 aromatic heterocycles. The Morgan fingerprint density at radius 1 is 1.36 bits per heavy atom. The fourth-order valence-corrected chi connectivity index (χ4v) is 2.00. The number of benzene rings is 1. The van der Waals surface area contributed by atoms with Crippen molar-refractivity contribution in [3.05, 3.63) is 35.9 Å². The molecule has 0 bridgehead atoms. The second kappa shape index (κ2) is 7.87. The fraction of sp³-hybridized carbons (Fsp3) is 0.500. The van der Waals surface area contributed by atoms with E-state index in [9.17, 15) is 9.90 Å². The second-order valence-electron chi connectivity index (χ2n) is 6.29. The number of allylic oxidation sites excluding steroid dienone is 1. The number of aromatic hydroxyl groups is 1. The zero-order chi connectivity index (χ0) is 16.8. The van der Waals surface area contributed by atoms with Crippen molar-refractivity contribution < 1.29 is 19.4 Å². The molecule has 0 saturated carbocycles. The van der Waals surface area contributed by atoms with E-state index in [1.54, 1.807) is 6.08 Å². The van der Waals surface area contributed by atoms with E-state index in [1.165, 1.54) is 7.11 Å². The molecule has 0 spiro atoms. The average molecular weight is 306 g/mol. The van der Waals surface area contributed by atoms with Gasteiger partial charge in [-0.15, -0.1) is 6.58 Å². The summed E-state index contributed by atoms with van der Waals surface area (Å²) in [6.07, 6.45) is 3.79. The molecule has 0 aliphatic carbocycles. The molecule has 122 valence electrons. The van der Waals surface area contributed by atoms with Crippen molar-refractivity contribution in [1.29, 1.82) is 0 Å². The maximum absolute atomic E-state index is 11.7. The number of carbonyl (C=O) groups excluding carboxylic acids is 1. The summed E-state index contributed by atoms with van der Waals surface area (Å²) in [4.78, 5) is 11.7. The van der Waals surface area contributed by atoms with Crippen molar-refractivity contribution >= 4 is 5.97 Å². The van der Waals surface area contributed by atoms with Crippen molar-refractivity contribution in [3.8, 4) is 11.5 Å². The van der Waals surface area contributed by atoms with Gasteiger partial charge in [0, 0.05) is 5.56 Å². The van der Waals surface area contributed by atoms with Crippen LogP contribution in [-0.4, -0.2) is 24.8 Å². The lowest BCUT2D eigenvalue weighted by Crippen LogP contribution is -2.23. The van der Waals surface area contributed by atoms with Gasteiger partial charge in [0.1, 0.15) is 0 Å². The number of hydrogen-bond acceptors (Lipinski definition) is 4. The van der Waals surface area contributed by atoms with Crippen LogP contribution in [0, 0.1) is 5.41 Å². The monoisotopic (exact) mass is 306 g/mol. The van der Waals surface area contributed by atoms with Gasteiger partial charge in [0.05, 0.1) is 19.1 Å². The van der Waals surface area contributed by atoms with E-state index >= 15 is 0 Å². The third-order valence-corrected chi connectivity index (χ3v) is 3.25. The first-order valence-electron chi connectivity index (χ1n) is 7.46. The minimum Gasteiger partial charge on any atom is -0.504 e. The largest absolute Gasteiger partial charge is 0.504 e. The van der Waals surface area contributed by atoms with Crippen molar-refractivity contribution in [2.24, 2.45) is 5.41 Å². The van der Waals surface area contributed by atoms with Gasteiger partial charge in [-0.05, 0) is 51.7 Å². The zero-order valence-corrected chi connectivity index (χ0v) is 13.9. The van der Waals surface area contributed by atoms with E-state index in [2.05, 4.69) is 6.58 Å². The van der Waals surface area contributed by atoms with Gasteiger partial charge in [0.25, 0.3) is 0 Å². The molecule has 0 aliphatic rings. The molecule has 22 heavy (non-hydrogen) atoms. The predicted molar refractivity (Wildman–Crippen MR) is 87.3 cm³/mol. The van der Waals surface area contributed by atoms with Crippen LogP contribution in [0.2, 0.25) is 0 Å². The summed E-state index contributed by atoms with van der Waals surface area (Å²) < 4.78 is 10.4. The molecular weight excluding hydrogens is 280 g/mol. The van der Waals surface area contributed by atoms with E-state index in [0.717, 1.165) is 24.0 Å². The van der Waals surface area contributed by atoms with Crippen LogP contribution in [-0.2, 0) is 22.4 Å². The molecule has 0 amide bonds. The van der Waals surface area contributed by atoms with Crippen molar-refractivity contribution in [1.82, 2.24) is 0 Å².